The van der Waals surface area contributed by atoms with Gasteiger partial charge in [-0.3, -0.25) is 9.59 Å². The summed E-state index contributed by atoms with van der Waals surface area (Å²) in [6, 6.07) is 3.72. The summed E-state index contributed by atoms with van der Waals surface area (Å²) in [5.74, 6) is 0.387. The lowest BCUT2D eigenvalue weighted by Crippen LogP contribution is -2.76. The van der Waals surface area contributed by atoms with Crippen molar-refractivity contribution in [2.75, 3.05) is 25.0 Å². The number of pyridine rings is 1. The molecule has 2 amide bonds. The van der Waals surface area contributed by atoms with Gasteiger partial charge in [0.2, 0.25) is 11.8 Å². The molecule has 7 nitrogen and oxygen atoms in total. The first-order chi connectivity index (χ1) is 13.2. The van der Waals surface area contributed by atoms with E-state index < -0.39 is 11.0 Å². The molecule has 3 N–H and O–H groups in total. The Balaban J connectivity index is 1.54. The highest BCUT2D eigenvalue weighted by atomic mass is 16.5. The predicted molar refractivity (Wildman–Crippen MR) is 108 cm³/mol. The highest BCUT2D eigenvalue weighted by Gasteiger charge is 2.63. The van der Waals surface area contributed by atoms with Crippen LogP contribution in [-0.4, -0.2) is 53.0 Å². The van der Waals surface area contributed by atoms with E-state index in [4.69, 9.17) is 10.5 Å². The van der Waals surface area contributed by atoms with Crippen LogP contribution < -0.4 is 11.1 Å². The Bertz CT molecular complexity index is 726. The van der Waals surface area contributed by atoms with Crippen LogP contribution in [0.25, 0.3) is 0 Å². The fourth-order valence-electron chi connectivity index (χ4n) is 4.20. The number of ether oxygens (including phenoxy) is 1. The summed E-state index contributed by atoms with van der Waals surface area (Å²) in [5.41, 5.74) is 6.28. The third kappa shape index (κ3) is 3.65. The summed E-state index contributed by atoms with van der Waals surface area (Å²) in [6.45, 7) is 9.63. The summed E-state index contributed by atoms with van der Waals surface area (Å²) >= 11 is 0. The third-order valence-corrected chi connectivity index (χ3v) is 6.53. The first kappa shape index (κ1) is 20.7. The number of likely N-dealkylation sites (tertiary alicyclic amines) is 1. The van der Waals surface area contributed by atoms with Crippen molar-refractivity contribution < 1.29 is 14.3 Å². The van der Waals surface area contributed by atoms with E-state index in [1.54, 1.807) is 12.3 Å². The van der Waals surface area contributed by atoms with Gasteiger partial charge in [0.1, 0.15) is 11.4 Å². The number of amides is 2. The zero-order valence-electron chi connectivity index (χ0n) is 17.3. The second-order valence-electron chi connectivity index (χ2n) is 8.62. The van der Waals surface area contributed by atoms with Crippen LogP contribution in [0.5, 0.6) is 0 Å². The second kappa shape index (κ2) is 7.79. The standard InChI is InChI=1S/C21H32N4O3/c1-5-28-16-12-21(22,20(16,3)4)19(27)25-10-8-15(9-11-25)18(26)24-17-7-6-14(2)13-23-17/h6-7,13,15-16H,5,8-12,22H2,1-4H3,(H,23,24,26). The van der Waals surface area contributed by atoms with Gasteiger partial charge in [0.15, 0.2) is 0 Å². The summed E-state index contributed by atoms with van der Waals surface area (Å²) in [6.07, 6.45) is 3.56. The Kier molecular flexibility index (Phi) is 5.77. The van der Waals surface area contributed by atoms with Crippen LogP contribution in [0.15, 0.2) is 18.3 Å². The Morgan fingerprint density at radius 3 is 2.54 bits per heavy atom. The smallest absolute Gasteiger partial charge is 0.243 e. The van der Waals surface area contributed by atoms with Crippen molar-refractivity contribution in [3.63, 3.8) is 0 Å². The molecule has 3 rings (SSSR count). The lowest BCUT2D eigenvalue weighted by molar-refractivity contribution is -0.180. The van der Waals surface area contributed by atoms with E-state index >= 15 is 0 Å². The number of hydrogen-bond acceptors (Lipinski definition) is 5. The molecule has 2 fully saturated rings. The molecule has 0 bridgehead atoms. The Morgan fingerprint density at radius 1 is 1.32 bits per heavy atom. The molecule has 154 valence electrons. The van der Waals surface area contributed by atoms with E-state index in [-0.39, 0.29) is 23.8 Å². The zero-order chi connectivity index (χ0) is 20.5. The fourth-order valence-corrected chi connectivity index (χ4v) is 4.20. The molecular weight excluding hydrogens is 356 g/mol. The van der Waals surface area contributed by atoms with Gasteiger partial charge >= 0.3 is 0 Å². The normalized spacial score (nSPS) is 27.2. The minimum absolute atomic E-state index is 0.0109. The van der Waals surface area contributed by atoms with Crippen LogP contribution in [0.3, 0.4) is 0 Å². The maximum Gasteiger partial charge on any atom is 0.243 e. The van der Waals surface area contributed by atoms with Gasteiger partial charge in [-0.15, -0.1) is 0 Å². The molecule has 1 aliphatic carbocycles. The van der Waals surface area contributed by atoms with Gasteiger partial charge in [-0.05, 0) is 38.3 Å². The van der Waals surface area contributed by atoms with Crippen molar-refractivity contribution in [2.24, 2.45) is 17.1 Å². The van der Waals surface area contributed by atoms with Crippen molar-refractivity contribution in [2.45, 2.75) is 58.6 Å². The quantitative estimate of drug-likeness (QED) is 0.805. The molecule has 2 atom stereocenters. The number of aryl methyl sites for hydroxylation is 1. The molecule has 1 saturated heterocycles. The molecule has 0 aromatic carbocycles. The number of hydrogen-bond donors (Lipinski definition) is 2. The Labute approximate surface area is 167 Å². The molecule has 1 aromatic rings. The van der Waals surface area contributed by atoms with Crippen LogP contribution in [0.2, 0.25) is 0 Å². The number of anilines is 1. The molecule has 2 aliphatic rings. The molecule has 0 radical (unpaired) electrons. The van der Waals surface area contributed by atoms with E-state index in [9.17, 15) is 9.59 Å². The van der Waals surface area contributed by atoms with Gasteiger partial charge in [-0.25, -0.2) is 4.98 Å². The van der Waals surface area contributed by atoms with Crippen molar-refractivity contribution >= 4 is 17.6 Å². The SMILES string of the molecule is CCOC1CC(N)(C(=O)N2CCC(C(=O)Nc3ccc(C)cn3)CC2)C1(C)C. The number of nitrogens with one attached hydrogen (secondary N) is 1. The van der Waals surface area contributed by atoms with E-state index in [0.29, 0.717) is 44.8 Å². The molecule has 1 aliphatic heterocycles. The monoisotopic (exact) mass is 388 g/mol. The molecule has 2 heterocycles. The number of carbonyl (C=O) groups is 2. The highest BCUT2D eigenvalue weighted by Crippen LogP contribution is 2.50. The van der Waals surface area contributed by atoms with Gasteiger partial charge in [0, 0.05) is 43.6 Å². The number of piperidine rings is 1. The van der Waals surface area contributed by atoms with Gasteiger partial charge in [0.25, 0.3) is 0 Å². The number of aromatic nitrogens is 1. The van der Waals surface area contributed by atoms with Crippen molar-refractivity contribution in [3.05, 3.63) is 23.9 Å². The summed E-state index contributed by atoms with van der Waals surface area (Å²) in [5, 5.41) is 2.87. The lowest BCUT2D eigenvalue weighted by atomic mass is 9.54. The van der Waals surface area contributed by atoms with Crippen molar-refractivity contribution in [1.29, 1.82) is 0 Å². The second-order valence-corrected chi connectivity index (χ2v) is 8.62. The van der Waals surface area contributed by atoms with Crippen LogP contribution in [-0.2, 0) is 14.3 Å². The van der Waals surface area contributed by atoms with E-state index in [1.807, 2.05) is 38.7 Å². The first-order valence-corrected chi connectivity index (χ1v) is 10.1. The highest BCUT2D eigenvalue weighted by molar-refractivity contribution is 5.92. The minimum atomic E-state index is -0.895. The minimum Gasteiger partial charge on any atom is -0.378 e. The molecule has 1 aromatic heterocycles. The molecular formula is C21H32N4O3. The first-order valence-electron chi connectivity index (χ1n) is 10.1. The van der Waals surface area contributed by atoms with Crippen LogP contribution in [0.4, 0.5) is 5.82 Å². The average molecular weight is 389 g/mol. The van der Waals surface area contributed by atoms with Gasteiger partial charge in [0.05, 0.1) is 6.10 Å². The topological polar surface area (TPSA) is 97.5 Å². The van der Waals surface area contributed by atoms with Crippen LogP contribution in [0, 0.1) is 18.3 Å². The van der Waals surface area contributed by atoms with Gasteiger partial charge < -0.3 is 20.7 Å². The Morgan fingerprint density at radius 2 is 2.00 bits per heavy atom. The van der Waals surface area contributed by atoms with Gasteiger partial charge in [-0.2, -0.15) is 0 Å². The number of nitrogens with zero attached hydrogens (tertiary/aromatic N) is 2. The lowest BCUT2D eigenvalue weighted by Gasteiger charge is -2.59. The van der Waals surface area contributed by atoms with Crippen LogP contribution >= 0.6 is 0 Å². The zero-order valence-corrected chi connectivity index (χ0v) is 17.3. The summed E-state index contributed by atoms with van der Waals surface area (Å²) < 4.78 is 5.73. The number of carbonyl (C=O) groups excluding carboxylic acids is 2. The van der Waals surface area contributed by atoms with Crippen molar-refractivity contribution in [1.82, 2.24) is 9.88 Å². The molecule has 0 spiro atoms. The molecule has 28 heavy (non-hydrogen) atoms. The average Bonchev–Trinajstić information content (AvgIpc) is 2.69. The molecule has 7 heteroatoms. The molecule has 1 saturated carbocycles. The summed E-state index contributed by atoms with van der Waals surface area (Å²) in [7, 11) is 0. The number of rotatable bonds is 5. The van der Waals surface area contributed by atoms with Crippen LogP contribution in [0.1, 0.15) is 45.6 Å². The predicted octanol–water partition coefficient (Wildman–Crippen LogP) is 2.10. The fraction of sp³-hybridized carbons (Fsp3) is 0.667. The third-order valence-electron chi connectivity index (χ3n) is 6.53. The van der Waals surface area contributed by atoms with E-state index in [2.05, 4.69) is 10.3 Å². The van der Waals surface area contributed by atoms with Crippen molar-refractivity contribution in [3.8, 4) is 0 Å². The maximum atomic E-state index is 13.1. The van der Waals surface area contributed by atoms with E-state index in [0.717, 1.165) is 5.56 Å². The van der Waals surface area contributed by atoms with E-state index in [1.165, 1.54) is 0 Å². The summed E-state index contributed by atoms with van der Waals surface area (Å²) in [4.78, 5) is 31.7. The molecule has 2 unspecified atom stereocenters. The Hall–Kier alpha value is -1.99. The van der Waals surface area contributed by atoms with Gasteiger partial charge in [-0.1, -0.05) is 19.9 Å². The number of nitrogens with two attached hydrogens (primary N) is 1. The largest absolute Gasteiger partial charge is 0.378 e. The maximum absolute atomic E-state index is 13.1.